The summed E-state index contributed by atoms with van der Waals surface area (Å²) in [5.74, 6) is 0.0550. The van der Waals surface area contributed by atoms with Gasteiger partial charge >= 0.3 is 5.97 Å². The van der Waals surface area contributed by atoms with E-state index in [4.69, 9.17) is 9.47 Å². The average molecular weight is 520 g/mol. The molecule has 0 bridgehead atoms. The number of carbonyl (C=O) groups excluding carboxylic acids is 1. The first-order valence-corrected chi connectivity index (χ1v) is 13.4. The molecule has 1 heterocycles. The third kappa shape index (κ3) is 5.21. The van der Waals surface area contributed by atoms with E-state index in [9.17, 15) is 13.2 Å². The molecule has 37 heavy (non-hydrogen) atoms. The van der Waals surface area contributed by atoms with Crippen LogP contribution in [0.1, 0.15) is 31.9 Å². The molecule has 0 spiro atoms. The summed E-state index contributed by atoms with van der Waals surface area (Å²) in [5.41, 5.74) is 3.77. The van der Waals surface area contributed by atoms with Crippen LogP contribution in [0, 0.1) is 0 Å². The zero-order valence-electron chi connectivity index (χ0n) is 21.6. The number of methoxy groups -OCH3 is 1. The van der Waals surface area contributed by atoms with Gasteiger partial charge in [0.1, 0.15) is 24.6 Å². The highest BCUT2D eigenvalue weighted by Crippen LogP contribution is 2.39. The van der Waals surface area contributed by atoms with Crippen molar-refractivity contribution in [2.24, 2.45) is 0 Å². The molecular formula is C29H31N2O5S+. The zero-order valence-corrected chi connectivity index (χ0v) is 22.4. The van der Waals surface area contributed by atoms with E-state index in [1.54, 1.807) is 43.5 Å². The van der Waals surface area contributed by atoms with Gasteiger partial charge in [0.2, 0.25) is 15.7 Å². The number of benzene rings is 3. The fraction of sp³-hybridized carbons (Fsp3) is 0.241. The number of hydrogen-bond acceptors (Lipinski definition) is 5. The number of nitrogens with one attached hydrogen (secondary N) is 1. The number of allylic oxidation sites excluding steroid dienone is 1. The Morgan fingerprint density at radius 3 is 2.27 bits per heavy atom. The summed E-state index contributed by atoms with van der Waals surface area (Å²) in [4.78, 5) is 13.0. The number of para-hydroxylation sites is 1. The molecule has 0 radical (unpaired) electrons. The van der Waals surface area contributed by atoms with Crippen molar-refractivity contribution in [1.29, 1.82) is 0 Å². The maximum Gasteiger partial charge on any atom is 0.329 e. The SMILES string of the molecule is COc1cccc(OC(=O)C(C)NS(=O)(=O)c2ccccc2)c1/C=C/C1=[N+](C)c2ccccc2C1(C)C. The third-order valence-corrected chi connectivity index (χ3v) is 8.10. The first kappa shape index (κ1) is 26.3. The van der Waals surface area contributed by atoms with Crippen LogP contribution in [0.25, 0.3) is 6.08 Å². The monoisotopic (exact) mass is 519 g/mol. The summed E-state index contributed by atoms with van der Waals surface area (Å²) >= 11 is 0. The molecule has 0 fully saturated rings. The third-order valence-electron chi connectivity index (χ3n) is 6.54. The molecule has 3 aromatic carbocycles. The summed E-state index contributed by atoms with van der Waals surface area (Å²) in [6.45, 7) is 5.78. The predicted molar refractivity (Wildman–Crippen MR) is 144 cm³/mol. The van der Waals surface area contributed by atoms with Gasteiger partial charge in [-0.1, -0.05) is 42.5 Å². The number of fused-ring (bicyclic) bond motifs is 1. The van der Waals surface area contributed by atoms with Crippen LogP contribution in [0.3, 0.4) is 0 Å². The van der Waals surface area contributed by atoms with Gasteiger partial charge in [0.05, 0.1) is 23.0 Å². The van der Waals surface area contributed by atoms with Gasteiger partial charge in [-0.05, 0) is 51.1 Å². The molecular weight excluding hydrogens is 488 g/mol. The molecule has 0 saturated carbocycles. The number of ether oxygens (including phenoxy) is 2. The minimum Gasteiger partial charge on any atom is -0.496 e. The lowest BCUT2D eigenvalue weighted by Crippen LogP contribution is -2.40. The largest absolute Gasteiger partial charge is 0.496 e. The molecule has 0 aromatic heterocycles. The van der Waals surface area contributed by atoms with Crippen molar-refractivity contribution in [3.05, 3.63) is 90.0 Å². The smallest absolute Gasteiger partial charge is 0.329 e. The van der Waals surface area contributed by atoms with Gasteiger partial charge in [-0.2, -0.15) is 9.30 Å². The Bertz CT molecular complexity index is 1490. The molecule has 1 N–H and O–H groups in total. The van der Waals surface area contributed by atoms with E-state index in [1.165, 1.54) is 24.6 Å². The summed E-state index contributed by atoms with van der Waals surface area (Å²) in [5, 5.41) is 0. The predicted octanol–water partition coefficient (Wildman–Crippen LogP) is 4.69. The molecule has 1 unspecified atom stereocenters. The number of nitrogens with zero attached hydrogens (tertiary/aromatic N) is 1. The van der Waals surface area contributed by atoms with Gasteiger partial charge < -0.3 is 9.47 Å². The lowest BCUT2D eigenvalue weighted by atomic mass is 9.81. The van der Waals surface area contributed by atoms with Crippen LogP contribution in [-0.2, 0) is 20.2 Å². The minimum atomic E-state index is -3.88. The van der Waals surface area contributed by atoms with Crippen molar-refractivity contribution in [1.82, 2.24) is 4.72 Å². The quantitative estimate of drug-likeness (QED) is 0.265. The maximum atomic E-state index is 12.9. The highest BCUT2D eigenvalue weighted by molar-refractivity contribution is 7.89. The Kier molecular flexibility index (Phi) is 7.34. The van der Waals surface area contributed by atoms with E-state index >= 15 is 0 Å². The first-order chi connectivity index (χ1) is 17.6. The first-order valence-electron chi connectivity index (χ1n) is 11.9. The van der Waals surface area contributed by atoms with Crippen LogP contribution >= 0.6 is 0 Å². The lowest BCUT2D eigenvalue weighted by molar-refractivity contribution is -0.401. The number of hydrogen-bond donors (Lipinski definition) is 1. The number of esters is 1. The highest BCUT2D eigenvalue weighted by atomic mass is 32.2. The number of rotatable bonds is 8. The molecule has 1 aliphatic rings. The van der Waals surface area contributed by atoms with Gasteiger partial charge in [-0.15, -0.1) is 0 Å². The topological polar surface area (TPSA) is 84.7 Å². The van der Waals surface area contributed by atoms with Crippen LogP contribution in [0.4, 0.5) is 5.69 Å². The second-order valence-corrected chi connectivity index (χ2v) is 11.1. The second-order valence-electron chi connectivity index (χ2n) is 9.37. The fourth-order valence-electron chi connectivity index (χ4n) is 4.56. The fourth-order valence-corrected chi connectivity index (χ4v) is 5.78. The Hall–Kier alpha value is -3.75. The van der Waals surface area contributed by atoms with Crippen LogP contribution < -0.4 is 14.2 Å². The van der Waals surface area contributed by atoms with E-state index in [0.717, 1.165) is 11.4 Å². The van der Waals surface area contributed by atoms with Crippen molar-refractivity contribution in [2.75, 3.05) is 14.2 Å². The van der Waals surface area contributed by atoms with Gasteiger partial charge in [-0.25, -0.2) is 13.2 Å². The molecule has 7 nitrogen and oxygen atoms in total. The zero-order chi connectivity index (χ0) is 26.8. The summed E-state index contributed by atoms with van der Waals surface area (Å²) in [7, 11) is -0.315. The van der Waals surface area contributed by atoms with Gasteiger partial charge in [0.15, 0.2) is 5.71 Å². The van der Waals surface area contributed by atoms with E-state index < -0.39 is 22.0 Å². The lowest BCUT2D eigenvalue weighted by Gasteiger charge is -2.17. The summed E-state index contributed by atoms with van der Waals surface area (Å²) in [6.07, 6.45) is 3.86. The number of carbonyl (C=O) groups is 1. The van der Waals surface area contributed by atoms with E-state index in [2.05, 4.69) is 35.3 Å². The Morgan fingerprint density at radius 1 is 0.946 bits per heavy atom. The maximum absolute atomic E-state index is 12.9. The van der Waals surface area contributed by atoms with Crippen molar-refractivity contribution in [2.45, 2.75) is 37.1 Å². The van der Waals surface area contributed by atoms with E-state index in [-0.39, 0.29) is 16.1 Å². The molecule has 0 saturated heterocycles. The highest BCUT2D eigenvalue weighted by Gasteiger charge is 2.42. The van der Waals surface area contributed by atoms with E-state index in [0.29, 0.717) is 11.3 Å². The number of sulfonamides is 1. The molecule has 4 rings (SSSR count). The van der Waals surface area contributed by atoms with Crippen LogP contribution in [0.15, 0.2) is 83.8 Å². The van der Waals surface area contributed by atoms with Gasteiger partial charge in [0, 0.05) is 17.7 Å². The summed E-state index contributed by atoms with van der Waals surface area (Å²) < 4.78 is 41.0. The molecule has 8 heteroatoms. The van der Waals surface area contributed by atoms with Gasteiger partial charge in [-0.3, -0.25) is 0 Å². The molecule has 3 aromatic rings. The van der Waals surface area contributed by atoms with Crippen LogP contribution in [-0.4, -0.2) is 44.9 Å². The van der Waals surface area contributed by atoms with Crippen LogP contribution in [0.5, 0.6) is 11.5 Å². The van der Waals surface area contributed by atoms with Gasteiger partial charge in [0.25, 0.3) is 0 Å². The minimum absolute atomic E-state index is 0.0703. The van der Waals surface area contributed by atoms with E-state index in [1.807, 2.05) is 31.3 Å². The van der Waals surface area contributed by atoms with Crippen molar-refractivity contribution >= 4 is 33.5 Å². The molecule has 1 aliphatic heterocycles. The van der Waals surface area contributed by atoms with Crippen molar-refractivity contribution < 1.29 is 27.3 Å². The average Bonchev–Trinajstić information content (AvgIpc) is 3.08. The Balaban J connectivity index is 1.60. The molecule has 0 amide bonds. The standard InChI is InChI=1S/C29H31N2O5S/c1-20(30-37(33,34)21-12-7-6-8-13-21)28(32)36-26-17-11-16-25(35-5)22(26)18-19-27-29(2,3)23-14-9-10-15-24(23)31(27)4/h6-20,30H,1-5H3/q+1/b19-18+. The molecule has 1 atom stereocenters. The van der Waals surface area contributed by atoms with Crippen LogP contribution in [0.2, 0.25) is 0 Å². The molecule has 192 valence electrons. The molecule has 0 aliphatic carbocycles. The van der Waals surface area contributed by atoms with Crippen molar-refractivity contribution in [3.8, 4) is 11.5 Å². The summed E-state index contributed by atoms with van der Waals surface area (Å²) in [6, 6.07) is 20.2. The van der Waals surface area contributed by atoms with Crippen molar-refractivity contribution in [3.63, 3.8) is 0 Å². The second kappa shape index (κ2) is 10.3. The Morgan fingerprint density at radius 2 is 1.59 bits per heavy atom. The Labute approximate surface area is 218 Å². The normalized spacial score (nSPS) is 15.5.